The Hall–Kier alpha value is -1.95. The molecule has 4 atom stereocenters. The van der Waals surface area contributed by atoms with Crippen LogP contribution in [0.1, 0.15) is 33.6 Å². The van der Waals surface area contributed by atoms with E-state index in [1.807, 2.05) is 13.8 Å². The van der Waals surface area contributed by atoms with Crippen LogP contribution >= 0.6 is 0 Å². The highest BCUT2D eigenvalue weighted by Gasteiger charge is 2.69. The second-order valence-electron chi connectivity index (χ2n) is 6.50. The molecule has 24 heavy (non-hydrogen) atoms. The molecule has 1 saturated heterocycles. The molecule has 2 bridgehead atoms. The molecule has 6 heteroatoms. The first kappa shape index (κ1) is 16.9. The fourth-order valence-corrected chi connectivity index (χ4v) is 4.73. The maximum absolute atomic E-state index is 13.0. The maximum atomic E-state index is 13.0. The fraction of sp³-hybridized carbons (Fsp3) is 0.611. The molecular formula is C18H22O6. The Labute approximate surface area is 140 Å². The monoisotopic (exact) mass is 334 g/mol. The first-order chi connectivity index (χ1) is 11.4. The number of carbonyl (C=O) groups excluding carboxylic acids is 3. The third-order valence-electron chi connectivity index (χ3n) is 5.60. The molecule has 1 aliphatic carbocycles. The van der Waals surface area contributed by atoms with Crippen molar-refractivity contribution in [2.24, 2.45) is 11.8 Å². The van der Waals surface area contributed by atoms with Gasteiger partial charge in [0.15, 0.2) is 5.78 Å². The summed E-state index contributed by atoms with van der Waals surface area (Å²) in [5.74, 6) is -1.90. The smallest absolute Gasteiger partial charge is 0.337 e. The van der Waals surface area contributed by atoms with Gasteiger partial charge in [0.25, 0.3) is 0 Å². The van der Waals surface area contributed by atoms with Crippen molar-refractivity contribution >= 4 is 17.7 Å². The van der Waals surface area contributed by atoms with Crippen LogP contribution in [0.15, 0.2) is 22.3 Å². The van der Waals surface area contributed by atoms with Gasteiger partial charge in [-0.1, -0.05) is 19.4 Å². The highest BCUT2D eigenvalue weighted by atomic mass is 16.6. The normalized spacial score (nSPS) is 34.0. The number of hydrogen-bond donors (Lipinski definition) is 0. The zero-order chi connectivity index (χ0) is 17.8. The molecule has 0 spiro atoms. The zero-order valence-corrected chi connectivity index (χ0v) is 14.6. The van der Waals surface area contributed by atoms with Crippen LogP contribution in [0.2, 0.25) is 0 Å². The second-order valence-corrected chi connectivity index (χ2v) is 6.50. The molecule has 0 aromatic heterocycles. The first-order valence-corrected chi connectivity index (χ1v) is 8.22. The lowest BCUT2D eigenvalue weighted by atomic mass is 9.68. The van der Waals surface area contributed by atoms with E-state index in [2.05, 4.69) is 0 Å². The summed E-state index contributed by atoms with van der Waals surface area (Å²) >= 11 is 0. The lowest BCUT2D eigenvalue weighted by molar-refractivity contribution is -0.140. The van der Waals surface area contributed by atoms with Crippen molar-refractivity contribution in [3.8, 4) is 0 Å². The van der Waals surface area contributed by atoms with E-state index in [0.29, 0.717) is 12.8 Å². The molecule has 130 valence electrons. The van der Waals surface area contributed by atoms with Crippen LogP contribution in [0.5, 0.6) is 0 Å². The van der Waals surface area contributed by atoms with Gasteiger partial charge in [-0.2, -0.15) is 0 Å². The number of fused-ring (bicyclic) bond motifs is 5. The van der Waals surface area contributed by atoms with Gasteiger partial charge < -0.3 is 14.2 Å². The summed E-state index contributed by atoms with van der Waals surface area (Å²) < 4.78 is 15.8. The van der Waals surface area contributed by atoms with E-state index in [0.717, 1.165) is 11.1 Å². The molecule has 2 heterocycles. The lowest BCUT2D eigenvalue weighted by Crippen LogP contribution is -2.44. The molecule has 0 radical (unpaired) electrons. The minimum Gasteiger partial charge on any atom is -0.466 e. The van der Waals surface area contributed by atoms with Gasteiger partial charge in [0.05, 0.1) is 37.4 Å². The Morgan fingerprint density at radius 3 is 2.25 bits per heavy atom. The van der Waals surface area contributed by atoms with Crippen molar-refractivity contribution < 1.29 is 28.6 Å². The molecule has 3 aliphatic rings. The van der Waals surface area contributed by atoms with Gasteiger partial charge in [-0.3, -0.25) is 4.79 Å². The Balaban J connectivity index is 2.21. The van der Waals surface area contributed by atoms with Gasteiger partial charge in [-0.05, 0) is 25.3 Å². The van der Waals surface area contributed by atoms with E-state index < -0.39 is 29.6 Å². The lowest BCUT2D eigenvalue weighted by Gasteiger charge is -2.31. The number of esters is 2. The van der Waals surface area contributed by atoms with Gasteiger partial charge in [0, 0.05) is 5.92 Å². The van der Waals surface area contributed by atoms with Crippen molar-refractivity contribution in [3.05, 3.63) is 22.3 Å². The standard InChI is InChI=1S/C18H22O6/c1-6-8-9(7-2)14(19)12-10(8)15-11(16(20)22-4)13(17(21)23-5)18(12,3)24-15/h10,12,15H,6-7H2,1-5H3/t10-,12-,15-,18+/m0/s1. The molecule has 0 aromatic rings. The minimum absolute atomic E-state index is 0.0228. The average molecular weight is 334 g/mol. The SMILES string of the molecule is CCC1=C(CC)[C@@H]2[C@@H]3O[C@@](C)(C(C(=O)OC)=C3C(=O)OC)[C@@H]2C1=O. The predicted octanol–water partition coefficient (Wildman–Crippen LogP) is 1.73. The number of carbonyl (C=O) groups is 3. The predicted molar refractivity (Wildman–Crippen MR) is 83.9 cm³/mol. The van der Waals surface area contributed by atoms with E-state index in [1.165, 1.54) is 14.2 Å². The van der Waals surface area contributed by atoms with Crippen molar-refractivity contribution in [1.29, 1.82) is 0 Å². The van der Waals surface area contributed by atoms with Gasteiger partial charge in [-0.25, -0.2) is 9.59 Å². The molecule has 6 nitrogen and oxygen atoms in total. The van der Waals surface area contributed by atoms with Gasteiger partial charge >= 0.3 is 11.9 Å². The largest absolute Gasteiger partial charge is 0.466 e. The van der Waals surface area contributed by atoms with Crippen LogP contribution in [-0.2, 0) is 28.6 Å². The Kier molecular flexibility index (Phi) is 3.91. The van der Waals surface area contributed by atoms with Crippen molar-refractivity contribution in [3.63, 3.8) is 0 Å². The minimum atomic E-state index is -1.15. The number of Topliss-reactive ketones (excluding diaryl/α,β-unsaturated/α-hetero) is 1. The molecule has 1 fully saturated rings. The van der Waals surface area contributed by atoms with Gasteiger partial charge in [0.2, 0.25) is 0 Å². The average Bonchev–Trinajstić information content (AvgIpc) is 3.16. The quantitative estimate of drug-likeness (QED) is 0.729. The topological polar surface area (TPSA) is 78.9 Å². The zero-order valence-electron chi connectivity index (χ0n) is 14.6. The van der Waals surface area contributed by atoms with Crippen molar-refractivity contribution in [2.45, 2.75) is 45.3 Å². The molecule has 0 unspecified atom stereocenters. The molecule has 2 aliphatic heterocycles. The summed E-state index contributed by atoms with van der Waals surface area (Å²) in [4.78, 5) is 37.6. The van der Waals surface area contributed by atoms with E-state index in [4.69, 9.17) is 14.2 Å². The van der Waals surface area contributed by atoms with E-state index in [-0.39, 0.29) is 22.8 Å². The summed E-state index contributed by atoms with van der Waals surface area (Å²) in [6, 6.07) is 0. The highest BCUT2D eigenvalue weighted by Crippen LogP contribution is 2.61. The summed E-state index contributed by atoms with van der Waals surface area (Å²) in [5, 5.41) is 0. The summed E-state index contributed by atoms with van der Waals surface area (Å²) in [5.41, 5.74) is 1.02. The van der Waals surface area contributed by atoms with Crippen LogP contribution in [0, 0.1) is 11.8 Å². The van der Waals surface area contributed by atoms with Crippen molar-refractivity contribution in [1.82, 2.24) is 0 Å². The molecule has 0 amide bonds. The number of ether oxygens (including phenoxy) is 3. The number of allylic oxidation sites excluding steroid dienone is 1. The highest BCUT2D eigenvalue weighted by molar-refractivity contribution is 6.09. The maximum Gasteiger partial charge on any atom is 0.337 e. The summed E-state index contributed by atoms with van der Waals surface area (Å²) in [6.45, 7) is 5.65. The summed E-state index contributed by atoms with van der Waals surface area (Å²) in [7, 11) is 2.52. The number of methoxy groups -OCH3 is 2. The summed E-state index contributed by atoms with van der Waals surface area (Å²) in [6.07, 6.45) is 0.719. The third kappa shape index (κ3) is 1.83. The molecule has 0 aromatic carbocycles. The van der Waals surface area contributed by atoms with Crippen LogP contribution < -0.4 is 0 Å². The second kappa shape index (κ2) is 5.55. The Morgan fingerprint density at radius 2 is 1.75 bits per heavy atom. The molecular weight excluding hydrogens is 312 g/mol. The first-order valence-electron chi connectivity index (χ1n) is 8.22. The van der Waals surface area contributed by atoms with E-state index >= 15 is 0 Å². The van der Waals surface area contributed by atoms with Crippen LogP contribution in [0.25, 0.3) is 0 Å². The number of rotatable bonds is 4. The van der Waals surface area contributed by atoms with Gasteiger partial charge in [-0.15, -0.1) is 0 Å². The van der Waals surface area contributed by atoms with Crippen molar-refractivity contribution in [2.75, 3.05) is 14.2 Å². The van der Waals surface area contributed by atoms with Gasteiger partial charge in [0.1, 0.15) is 5.60 Å². The van der Waals surface area contributed by atoms with E-state index in [1.54, 1.807) is 6.92 Å². The molecule has 0 N–H and O–H groups in total. The Bertz CT molecular complexity index is 700. The number of ketones is 1. The molecule has 3 rings (SSSR count). The van der Waals surface area contributed by atoms with Crippen LogP contribution in [-0.4, -0.2) is 43.6 Å². The van der Waals surface area contributed by atoms with Crippen LogP contribution in [0.3, 0.4) is 0 Å². The Morgan fingerprint density at radius 1 is 1.12 bits per heavy atom. The van der Waals surface area contributed by atoms with Crippen LogP contribution in [0.4, 0.5) is 0 Å². The number of hydrogen-bond acceptors (Lipinski definition) is 6. The fourth-order valence-electron chi connectivity index (χ4n) is 4.73. The van der Waals surface area contributed by atoms with E-state index in [9.17, 15) is 14.4 Å². The third-order valence-corrected chi connectivity index (χ3v) is 5.60. The molecule has 0 saturated carbocycles.